The topological polar surface area (TPSA) is 0 Å². The molecule has 0 heteroatoms. The summed E-state index contributed by atoms with van der Waals surface area (Å²) in [5.41, 5.74) is 25.6. The highest BCUT2D eigenvalue weighted by atomic mass is 14.4. The molecule has 1 aliphatic carbocycles. The molecular formula is C147H110. The number of aryl methyl sites for hydroxylation is 2. The molecule has 0 fully saturated rings. The minimum Gasteiger partial charge on any atom is -0.0622 e. The van der Waals surface area contributed by atoms with Crippen molar-refractivity contribution in [2.45, 2.75) is 59.3 Å². The monoisotopic (exact) mass is 1870 g/mol. The molecule has 28 aromatic carbocycles. The first-order valence-electron chi connectivity index (χ1n) is 51.5. The summed E-state index contributed by atoms with van der Waals surface area (Å²) in [6.45, 7) is 16.0. The van der Waals surface area contributed by atoms with Gasteiger partial charge in [0.1, 0.15) is 0 Å². The largest absolute Gasteiger partial charge is 0.0622 e. The zero-order valence-corrected chi connectivity index (χ0v) is 83.9. The third kappa shape index (κ3) is 17.5. The summed E-state index contributed by atoms with van der Waals surface area (Å²) in [7, 11) is 0. The third-order valence-electron chi connectivity index (χ3n) is 30.4. The summed E-state index contributed by atoms with van der Waals surface area (Å²) in [5, 5.41) is 39.1. The maximum Gasteiger partial charge on any atom is 0.0159 e. The fourth-order valence-corrected chi connectivity index (χ4v) is 23.2. The van der Waals surface area contributed by atoms with Crippen molar-refractivity contribution >= 4 is 162 Å². The van der Waals surface area contributed by atoms with Crippen molar-refractivity contribution < 1.29 is 0 Å². The Morgan fingerprint density at radius 3 is 0.789 bits per heavy atom. The summed E-state index contributed by atoms with van der Waals surface area (Å²) >= 11 is 0. The molecule has 0 heterocycles. The van der Waals surface area contributed by atoms with Crippen LogP contribution in [0.15, 0.2) is 540 Å². The average molecular weight is 1880 g/mol. The molecule has 1 aliphatic rings. The SMILES string of the molecule is CC(C)(C)c1ccc2cc3ccccc3c(-c3ccc4ccccc4c3)c2c1.CC1(C)c2ccccc2-c2ccc(-c3c4ccccc4cc4ccccc34)cc21.Cc1cccc(C)c1-c1c2ccccc2cc2ccccc12.c1ccc(-c2c3ccccc3cc3ccccc23)cc1.c1ccc2c(-c3c4ccccc4cc4ccccc34)cccc2c1.c1ccc2cc(-c3c4ccccc4cc4ccccc34)ccc2c1. The van der Waals surface area contributed by atoms with Gasteiger partial charge in [-0.2, -0.15) is 0 Å². The zero-order chi connectivity index (χ0) is 99.2. The van der Waals surface area contributed by atoms with Gasteiger partial charge < -0.3 is 0 Å². The summed E-state index contributed by atoms with van der Waals surface area (Å²) < 4.78 is 0. The van der Waals surface area contributed by atoms with Gasteiger partial charge in [0, 0.05) is 5.41 Å². The lowest BCUT2D eigenvalue weighted by Crippen LogP contribution is -2.14. The predicted molar refractivity (Wildman–Crippen MR) is 640 cm³/mol. The minimum absolute atomic E-state index is 0.0162. The average Bonchev–Trinajstić information content (AvgIpc) is 1.57. The molecule has 0 spiro atoms. The molecule has 0 radical (unpaired) electrons. The van der Waals surface area contributed by atoms with Gasteiger partial charge in [-0.3, -0.25) is 0 Å². The Morgan fingerprint density at radius 1 is 0.143 bits per heavy atom. The first-order chi connectivity index (χ1) is 72.1. The van der Waals surface area contributed by atoms with E-state index >= 15 is 0 Å². The van der Waals surface area contributed by atoms with E-state index in [0.717, 1.165) is 0 Å². The maximum atomic E-state index is 2.43. The summed E-state index contributed by atoms with van der Waals surface area (Å²) in [6.07, 6.45) is 0. The first-order valence-corrected chi connectivity index (χ1v) is 51.5. The Labute approximate surface area is 860 Å². The van der Waals surface area contributed by atoms with Crippen molar-refractivity contribution in [2.75, 3.05) is 0 Å². The van der Waals surface area contributed by atoms with Crippen LogP contribution in [-0.4, -0.2) is 0 Å². The highest BCUT2D eigenvalue weighted by Gasteiger charge is 2.36. The molecule has 0 aromatic heterocycles. The number of fused-ring (bicyclic) bond motifs is 18. The normalized spacial score (nSPS) is 12.0. The highest BCUT2D eigenvalue weighted by Crippen LogP contribution is 2.52. The molecule has 698 valence electrons. The smallest absolute Gasteiger partial charge is 0.0159 e. The van der Waals surface area contributed by atoms with Gasteiger partial charge in [-0.1, -0.05) is 514 Å². The lowest BCUT2D eigenvalue weighted by atomic mass is 9.81. The number of hydrogen-bond acceptors (Lipinski definition) is 0. The van der Waals surface area contributed by atoms with Crippen LogP contribution in [0, 0.1) is 13.8 Å². The molecule has 147 heavy (non-hydrogen) atoms. The first kappa shape index (κ1) is 91.5. The number of rotatable bonds is 6. The van der Waals surface area contributed by atoms with Gasteiger partial charge in [-0.25, -0.2) is 0 Å². The summed E-state index contributed by atoms with van der Waals surface area (Å²) in [4.78, 5) is 0. The highest BCUT2D eigenvalue weighted by molar-refractivity contribution is 6.21. The van der Waals surface area contributed by atoms with Gasteiger partial charge in [0.05, 0.1) is 0 Å². The van der Waals surface area contributed by atoms with E-state index in [1.807, 2.05) is 0 Å². The van der Waals surface area contributed by atoms with Gasteiger partial charge in [0.25, 0.3) is 0 Å². The van der Waals surface area contributed by atoms with Crippen LogP contribution in [0.5, 0.6) is 0 Å². The molecule has 0 amide bonds. The van der Waals surface area contributed by atoms with Gasteiger partial charge >= 0.3 is 0 Å². The van der Waals surface area contributed by atoms with E-state index in [1.165, 1.54) is 267 Å². The lowest BCUT2D eigenvalue weighted by molar-refractivity contribution is 0.591. The second-order valence-electron chi connectivity index (χ2n) is 40.8. The Morgan fingerprint density at radius 2 is 0.401 bits per heavy atom. The third-order valence-corrected chi connectivity index (χ3v) is 30.4. The molecule has 0 bridgehead atoms. The van der Waals surface area contributed by atoms with E-state index in [4.69, 9.17) is 0 Å². The Bertz CT molecular complexity index is 9670. The molecule has 0 N–H and O–H groups in total. The van der Waals surface area contributed by atoms with E-state index in [-0.39, 0.29) is 10.8 Å². The summed E-state index contributed by atoms with van der Waals surface area (Å²) in [5.74, 6) is 0. The van der Waals surface area contributed by atoms with Crippen molar-refractivity contribution in [3.05, 3.63) is 568 Å². The van der Waals surface area contributed by atoms with Gasteiger partial charge in [0.2, 0.25) is 0 Å². The van der Waals surface area contributed by atoms with Crippen LogP contribution in [-0.2, 0) is 10.8 Å². The molecular weight excluding hydrogens is 1770 g/mol. The van der Waals surface area contributed by atoms with Gasteiger partial charge in [-0.05, 0) is 347 Å². The number of hydrogen-bond donors (Lipinski definition) is 0. The molecule has 29 rings (SSSR count). The van der Waals surface area contributed by atoms with E-state index < -0.39 is 0 Å². The van der Waals surface area contributed by atoms with E-state index in [9.17, 15) is 0 Å². The van der Waals surface area contributed by atoms with Crippen molar-refractivity contribution in [1.29, 1.82) is 0 Å². The van der Waals surface area contributed by atoms with Crippen LogP contribution in [0.2, 0.25) is 0 Å². The molecule has 28 aromatic rings. The second-order valence-corrected chi connectivity index (χ2v) is 40.8. The van der Waals surface area contributed by atoms with E-state index in [0.29, 0.717) is 0 Å². The van der Waals surface area contributed by atoms with Crippen molar-refractivity contribution in [2.24, 2.45) is 0 Å². The molecule has 0 atom stereocenters. The molecule has 0 aliphatic heterocycles. The molecule has 0 saturated heterocycles. The number of benzene rings is 28. The molecule has 0 unspecified atom stereocenters. The van der Waals surface area contributed by atoms with Gasteiger partial charge in [0.15, 0.2) is 0 Å². The van der Waals surface area contributed by atoms with Crippen molar-refractivity contribution in [3.8, 4) is 77.9 Å². The Hall–Kier alpha value is -17.9. The second kappa shape index (κ2) is 39.1. The Kier molecular flexibility index (Phi) is 24.3. The van der Waals surface area contributed by atoms with E-state index in [1.54, 1.807) is 0 Å². The fourth-order valence-electron chi connectivity index (χ4n) is 23.2. The van der Waals surface area contributed by atoms with Crippen LogP contribution < -0.4 is 0 Å². The van der Waals surface area contributed by atoms with Crippen LogP contribution >= 0.6 is 0 Å². The minimum atomic E-state index is 0.0162. The predicted octanol–water partition coefficient (Wildman–Crippen LogP) is 41.6. The van der Waals surface area contributed by atoms with Crippen molar-refractivity contribution in [3.63, 3.8) is 0 Å². The van der Waals surface area contributed by atoms with Gasteiger partial charge in [-0.15, -0.1) is 0 Å². The quantitative estimate of drug-likeness (QED) is 0.146. The maximum absolute atomic E-state index is 2.43. The fraction of sp³-hybridized carbons (Fsp3) is 0.0612. The molecule has 0 nitrogen and oxygen atoms in total. The molecule has 0 saturated carbocycles. The van der Waals surface area contributed by atoms with Crippen LogP contribution in [0.1, 0.15) is 62.4 Å². The summed E-state index contributed by atoms with van der Waals surface area (Å²) in [6, 6.07) is 195. The lowest BCUT2D eigenvalue weighted by Gasteiger charge is -2.22. The Balaban J connectivity index is 0.0000000948. The standard InChI is InChI=1S/C29H22.C28H24.2C24H16.C22H18.C20H14/c1-29(2)26-14-8-7-13-24(26)25-16-15-21(18-27(25)29)28-22-11-5-3-9-19(22)17-20-10-4-6-12-23(20)28;1-28(2,3)24-15-14-22-17-21-10-6-7-11-25(21)27(26(22)18-24)23-13-12-19-8-4-5-9-20(19)16-23;1-4-12-20-17(8-1)11-7-15-23(20)24-21-13-5-2-9-18(21)16-19-10-3-6-14-22(19)24;1-2-8-18-15-21(14-13-17(18)7-1)24-22-11-5-3-9-19(22)16-20-10-4-6-12-23(20)24;1-15-8-7-9-16(2)21(15)22-19-12-5-3-10-17(19)14-18-11-4-6-13-20(18)22;1-2-8-15(9-3-1)20-18-12-6-4-10-16(18)14-17-11-5-7-13-19(17)20/h3-18H,1-2H3;4-18H,1-3H3;2*1-16H;3-14H,1-2H3;1-14H. The van der Waals surface area contributed by atoms with Crippen LogP contribution in [0.4, 0.5) is 0 Å². The van der Waals surface area contributed by atoms with Crippen LogP contribution in [0.3, 0.4) is 0 Å². The van der Waals surface area contributed by atoms with Crippen molar-refractivity contribution in [1.82, 2.24) is 0 Å². The van der Waals surface area contributed by atoms with Crippen LogP contribution in [0.25, 0.3) is 239 Å². The van der Waals surface area contributed by atoms with E-state index in [2.05, 4.69) is 588 Å². The zero-order valence-electron chi connectivity index (χ0n) is 83.9.